The van der Waals surface area contributed by atoms with E-state index in [1.165, 1.54) is 4.57 Å². The number of piperidine rings is 1. The number of hydrogen-bond acceptors (Lipinski definition) is 9. The number of imide groups is 1. The molecule has 2 aromatic carbocycles. The number of carbonyl (C=O) groups is 2. The quantitative estimate of drug-likeness (QED) is 0.340. The van der Waals surface area contributed by atoms with Crippen molar-refractivity contribution in [1.82, 2.24) is 25.0 Å². The number of carbonyl (C=O) groups excluding carboxylic acids is 2. The predicted octanol–water partition coefficient (Wildman–Crippen LogP) is 3.28. The molecule has 6 rings (SSSR count). The predicted molar refractivity (Wildman–Crippen MR) is 134 cm³/mol. The summed E-state index contributed by atoms with van der Waals surface area (Å²) in [7, 11) is 1.57. The van der Waals surface area contributed by atoms with Crippen LogP contribution in [0.2, 0.25) is 0 Å². The van der Waals surface area contributed by atoms with Crippen molar-refractivity contribution < 1.29 is 23.3 Å². The molecule has 1 unspecified atom stereocenters. The first-order chi connectivity index (χ1) is 18.5. The second-order valence-corrected chi connectivity index (χ2v) is 8.87. The molecule has 11 nitrogen and oxygen atoms in total. The second-order valence-electron chi connectivity index (χ2n) is 8.87. The number of hydrogen-bond donors (Lipinski definition) is 1. The summed E-state index contributed by atoms with van der Waals surface area (Å²) in [6.07, 6.45) is 2.41. The standard InChI is InChI=1S/C27H21N5O6/c1-36-23-10-6-18(14-28-23)16-3-2-4-17(13-16)25-30-24(38-31-25)12-15-5-8-21-20(11-15)32(27(35)37-21)19-7-9-22(33)29-26(19)34/h2-6,8,10-11,13-14,19H,7,9,12H2,1H3,(H,29,33,34). The van der Waals surface area contributed by atoms with Gasteiger partial charge in [-0.1, -0.05) is 29.4 Å². The van der Waals surface area contributed by atoms with Gasteiger partial charge in [0.1, 0.15) is 6.04 Å². The highest BCUT2D eigenvalue weighted by atomic mass is 16.5. The summed E-state index contributed by atoms with van der Waals surface area (Å²) in [6, 6.07) is 15.8. The molecule has 0 bridgehead atoms. The molecule has 4 heterocycles. The van der Waals surface area contributed by atoms with Gasteiger partial charge in [-0.15, -0.1) is 0 Å². The van der Waals surface area contributed by atoms with E-state index in [1.807, 2.05) is 30.3 Å². The molecular weight excluding hydrogens is 490 g/mol. The average molecular weight is 511 g/mol. The van der Waals surface area contributed by atoms with E-state index in [1.54, 1.807) is 37.6 Å². The summed E-state index contributed by atoms with van der Waals surface area (Å²) in [5.41, 5.74) is 4.24. The van der Waals surface area contributed by atoms with Crippen molar-refractivity contribution in [2.24, 2.45) is 0 Å². The van der Waals surface area contributed by atoms with Crippen LogP contribution in [0.3, 0.4) is 0 Å². The highest BCUT2D eigenvalue weighted by Crippen LogP contribution is 2.27. The summed E-state index contributed by atoms with van der Waals surface area (Å²) in [4.78, 5) is 45.3. The number of aromatic nitrogens is 4. The van der Waals surface area contributed by atoms with Crippen molar-refractivity contribution in [2.75, 3.05) is 7.11 Å². The van der Waals surface area contributed by atoms with Crippen LogP contribution in [0.1, 0.15) is 30.3 Å². The van der Waals surface area contributed by atoms with Gasteiger partial charge in [0.2, 0.25) is 29.4 Å². The van der Waals surface area contributed by atoms with Gasteiger partial charge in [0.05, 0.1) is 19.0 Å². The Bertz CT molecular complexity index is 1730. The van der Waals surface area contributed by atoms with E-state index < -0.39 is 17.7 Å². The molecule has 3 aromatic heterocycles. The number of rotatable bonds is 6. The van der Waals surface area contributed by atoms with Crippen molar-refractivity contribution >= 4 is 22.9 Å². The van der Waals surface area contributed by atoms with Gasteiger partial charge in [0.15, 0.2) is 5.58 Å². The highest BCUT2D eigenvalue weighted by Gasteiger charge is 2.31. The number of nitrogens with zero attached hydrogens (tertiary/aromatic N) is 4. The lowest BCUT2D eigenvalue weighted by Gasteiger charge is -2.21. The Morgan fingerprint density at radius 3 is 2.71 bits per heavy atom. The maximum Gasteiger partial charge on any atom is 0.420 e. The minimum Gasteiger partial charge on any atom is -0.481 e. The Labute approximate surface area is 215 Å². The number of nitrogens with one attached hydrogen (secondary N) is 1. The van der Waals surface area contributed by atoms with Gasteiger partial charge in [-0.2, -0.15) is 4.98 Å². The van der Waals surface area contributed by atoms with Gasteiger partial charge in [0, 0.05) is 29.8 Å². The lowest BCUT2D eigenvalue weighted by atomic mass is 10.0. The van der Waals surface area contributed by atoms with E-state index in [-0.39, 0.29) is 18.7 Å². The fourth-order valence-corrected chi connectivity index (χ4v) is 4.54. The molecule has 1 saturated heterocycles. The van der Waals surface area contributed by atoms with Crippen LogP contribution in [0.4, 0.5) is 0 Å². The normalized spacial score (nSPS) is 15.6. The lowest BCUT2D eigenvalue weighted by molar-refractivity contribution is -0.135. The minimum atomic E-state index is -0.820. The van der Waals surface area contributed by atoms with Gasteiger partial charge >= 0.3 is 5.76 Å². The number of oxazole rings is 1. The second kappa shape index (κ2) is 9.43. The molecule has 1 aliphatic rings. The van der Waals surface area contributed by atoms with E-state index in [0.717, 1.165) is 22.3 Å². The van der Waals surface area contributed by atoms with E-state index >= 15 is 0 Å². The molecule has 0 radical (unpaired) electrons. The van der Waals surface area contributed by atoms with Crippen LogP contribution in [0, 0.1) is 0 Å². The van der Waals surface area contributed by atoms with Crippen LogP contribution in [0.25, 0.3) is 33.6 Å². The summed E-state index contributed by atoms with van der Waals surface area (Å²) < 4.78 is 17.3. The first-order valence-corrected chi connectivity index (χ1v) is 11.9. The largest absolute Gasteiger partial charge is 0.481 e. The molecule has 5 aromatic rings. The van der Waals surface area contributed by atoms with Gasteiger partial charge in [0.25, 0.3) is 0 Å². The zero-order chi connectivity index (χ0) is 26.2. The van der Waals surface area contributed by atoms with Crippen LogP contribution in [0.15, 0.2) is 74.5 Å². The van der Waals surface area contributed by atoms with Crippen molar-refractivity contribution in [2.45, 2.75) is 25.3 Å². The van der Waals surface area contributed by atoms with Crippen molar-refractivity contribution in [3.63, 3.8) is 0 Å². The Hall–Kier alpha value is -5.06. The molecule has 0 spiro atoms. The Morgan fingerprint density at radius 1 is 1.05 bits per heavy atom. The van der Waals surface area contributed by atoms with Crippen LogP contribution in [0.5, 0.6) is 5.88 Å². The topological polar surface area (TPSA) is 142 Å². The summed E-state index contributed by atoms with van der Waals surface area (Å²) >= 11 is 0. The molecule has 1 atom stereocenters. The lowest BCUT2D eigenvalue weighted by Crippen LogP contribution is -2.43. The van der Waals surface area contributed by atoms with Crippen LogP contribution in [-0.4, -0.2) is 38.6 Å². The molecule has 0 saturated carbocycles. The third-order valence-corrected chi connectivity index (χ3v) is 6.42. The first kappa shape index (κ1) is 23.3. The zero-order valence-electron chi connectivity index (χ0n) is 20.2. The van der Waals surface area contributed by atoms with Crippen LogP contribution < -0.4 is 15.8 Å². The maximum atomic E-state index is 12.5. The van der Waals surface area contributed by atoms with Crippen molar-refractivity contribution in [3.8, 4) is 28.4 Å². The Kier molecular flexibility index (Phi) is 5.79. The zero-order valence-corrected chi connectivity index (χ0v) is 20.2. The van der Waals surface area contributed by atoms with Gasteiger partial charge in [-0.25, -0.2) is 9.78 Å². The van der Waals surface area contributed by atoms with Crippen LogP contribution >= 0.6 is 0 Å². The number of methoxy groups -OCH3 is 1. The molecule has 1 N–H and O–H groups in total. The molecular formula is C27H21N5O6. The molecule has 11 heteroatoms. The summed E-state index contributed by atoms with van der Waals surface area (Å²) in [5.74, 6) is -0.173. The minimum absolute atomic E-state index is 0.149. The van der Waals surface area contributed by atoms with E-state index in [9.17, 15) is 14.4 Å². The third kappa shape index (κ3) is 4.34. The maximum absolute atomic E-state index is 12.5. The SMILES string of the molecule is COc1ccc(-c2cccc(-c3noc(Cc4ccc5oc(=O)n(C6CCC(=O)NC6=O)c5c4)n3)c2)cn1. The fourth-order valence-electron chi connectivity index (χ4n) is 4.54. The van der Waals surface area contributed by atoms with E-state index in [2.05, 4.69) is 20.4 Å². The van der Waals surface area contributed by atoms with Gasteiger partial charge < -0.3 is 13.7 Å². The smallest absolute Gasteiger partial charge is 0.420 e. The Morgan fingerprint density at radius 2 is 1.92 bits per heavy atom. The Balaban J connectivity index is 1.26. The molecule has 1 aliphatic heterocycles. The first-order valence-electron chi connectivity index (χ1n) is 11.9. The average Bonchev–Trinajstić information content (AvgIpc) is 3.52. The van der Waals surface area contributed by atoms with Gasteiger partial charge in [-0.3, -0.25) is 19.5 Å². The number of ether oxygens (including phenoxy) is 1. The molecule has 2 amide bonds. The van der Waals surface area contributed by atoms with Crippen LogP contribution in [-0.2, 0) is 16.0 Å². The number of fused-ring (bicyclic) bond motifs is 1. The van der Waals surface area contributed by atoms with Crippen molar-refractivity contribution in [3.05, 3.63) is 82.8 Å². The summed E-state index contributed by atoms with van der Waals surface area (Å²) in [6.45, 7) is 0. The van der Waals surface area contributed by atoms with E-state index in [0.29, 0.717) is 35.1 Å². The molecule has 1 fully saturated rings. The number of benzene rings is 2. The van der Waals surface area contributed by atoms with Gasteiger partial charge in [-0.05, 0) is 41.8 Å². The molecule has 0 aliphatic carbocycles. The number of pyridine rings is 1. The molecule has 190 valence electrons. The summed E-state index contributed by atoms with van der Waals surface area (Å²) in [5, 5.41) is 6.42. The third-order valence-electron chi connectivity index (χ3n) is 6.42. The monoisotopic (exact) mass is 511 g/mol. The number of amides is 2. The molecule has 38 heavy (non-hydrogen) atoms. The fraction of sp³-hybridized carbons (Fsp3) is 0.185. The highest BCUT2D eigenvalue weighted by molar-refractivity contribution is 6.00. The van der Waals surface area contributed by atoms with Crippen molar-refractivity contribution in [1.29, 1.82) is 0 Å². The van der Waals surface area contributed by atoms with E-state index in [4.69, 9.17) is 13.7 Å².